The Morgan fingerprint density at radius 1 is 0.261 bits per heavy atom. The van der Waals surface area contributed by atoms with Crippen molar-refractivity contribution in [3.05, 3.63) is 279 Å². The Morgan fingerprint density at radius 2 is 0.696 bits per heavy atom. The zero-order valence-corrected chi connectivity index (χ0v) is 39.0. The molecule has 0 atom stereocenters. The number of hydrogen-bond donors (Lipinski definition) is 0. The highest BCUT2D eigenvalue weighted by molar-refractivity contribution is 7.19. The first-order valence-corrected chi connectivity index (χ1v) is 25.8. The van der Waals surface area contributed by atoms with E-state index >= 15 is 0 Å². The molecule has 0 spiro atoms. The average Bonchev–Trinajstić information content (AvgIpc) is 3.77. The quantitative estimate of drug-likeness (QED) is 0.0754. The zero-order valence-electron chi connectivity index (χ0n) is 38.0. The zero-order chi connectivity index (χ0) is 45.7. The van der Waals surface area contributed by atoms with Crippen molar-refractivity contribution in [1.29, 1.82) is 0 Å². The topological polar surface area (TPSA) is 8.17 Å². The fraction of sp³-hybridized carbons (Fsp3) is 0. The van der Waals surface area contributed by atoms with Crippen LogP contribution in [0.5, 0.6) is 0 Å². The van der Waals surface area contributed by atoms with Crippen molar-refractivity contribution in [3.63, 3.8) is 0 Å². The summed E-state index contributed by atoms with van der Waals surface area (Å²) in [7, 11) is -2.64. The van der Waals surface area contributed by atoms with Gasteiger partial charge in [-0.15, -0.1) is 0 Å². The van der Waals surface area contributed by atoms with E-state index < -0.39 is 8.07 Å². The smallest absolute Gasteiger partial charge is 0.179 e. The van der Waals surface area contributed by atoms with Gasteiger partial charge in [0, 0.05) is 33.5 Å². The lowest BCUT2D eigenvalue weighted by Crippen LogP contribution is -2.74. The van der Waals surface area contributed by atoms with E-state index in [1.807, 2.05) is 0 Å². The van der Waals surface area contributed by atoms with Crippen LogP contribution in [0.4, 0.5) is 17.1 Å². The molecule has 69 heavy (non-hydrogen) atoms. The van der Waals surface area contributed by atoms with Gasteiger partial charge < -0.3 is 9.47 Å². The lowest BCUT2D eigenvalue weighted by molar-refractivity contribution is 1.18. The first kappa shape index (κ1) is 40.5. The van der Waals surface area contributed by atoms with E-state index in [0.29, 0.717) is 0 Å². The van der Waals surface area contributed by atoms with E-state index in [1.165, 1.54) is 86.4 Å². The maximum absolute atomic E-state index is 2.64. The van der Waals surface area contributed by atoms with Gasteiger partial charge in [0.2, 0.25) is 0 Å². The molecule has 0 saturated carbocycles. The van der Waals surface area contributed by atoms with Gasteiger partial charge in [0.05, 0.1) is 11.0 Å². The van der Waals surface area contributed by atoms with Gasteiger partial charge in [-0.3, -0.25) is 0 Å². The number of rotatable bonds is 10. The lowest BCUT2D eigenvalue weighted by atomic mass is 10.0. The Bertz CT molecular complexity index is 3810. The second-order valence-electron chi connectivity index (χ2n) is 18.1. The van der Waals surface area contributed by atoms with Crippen LogP contribution in [0.25, 0.3) is 71.3 Å². The first-order chi connectivity index (χ1) is 34.2. The summed E-state index contributed by atoms with van der Waals surface area (Å²) in [5.41, 5.74) is 11.6. The predicted molar refractivity (Wildman–Crippen MR) is 296 cm³/mol. The Hall–Kier alpha value is -8.76. The Morgan fingerprint density at radius 3 is 1.28 bits per heavy atom. The normalized spacial score (nSPS) is 11.8. The molecule has 12 aromatic carbocycles. The minimum absolute atomic E-state index is 1.09. The lowest BCUT2D eigenvalue weighted by Gasteiger charge is -2.34. The van der Waals surface area contributed by atoms with E-state index in [-0.39, 0.29) is 0 Å². The summed E-state index contributed by atoms with van der Waals surface area (Å²) in [6, 6.07) is 103. The van der Waals surface area contributed by atoms with Gasteiger partial charge in [0.1, 0.15) is 0 Å². The van der Waals surface area contributed by atoms with Crippen molar-refractivity contribution in [3.8, 4) is 27.9 Å². The molecule has 0 N–H and O–H groups in total. The van der Waals surface area contributed by atoms with E-state index in [2.05, 4.69) is 289 Å². The molecule has 3 heteroatoms. The van der Waals surface area contributed by atoms with Crippen molar-refractivity contribution >= 4 is 89.2 Å². The molecule has 13 rings (SSSR count). The molecule has 0 fully saturated rings. The maximum Gasteiger partial charge on any atom is 0.179 e. The third-order valence-electron chi connectivity index (χ3n) is 14.3. The third-order valence-corrected chi connectivity index (χ3v) is 19.1. The molecule has 0 bridgehead atoms. The summed E-state index contributed by atoms with van der Waals surface area (Å²) in [6.07, 6.45) is 0. The largest absolute Gasteiger partial charge is 0.310 e. The molecule has 1 heterocycles. The fourth-order valence-electron chi connectivity index (χ4n) is 11.1. The summed E-state index contributed by atoms with van der Waals surface area (Å²) in [5, 5.41) is 13.0. The van der Waals surface area contributed by atoms with Gasteiger partial charge >= 0.3 is 0 Å². The molecular formula is C66H46N2Si. The van der Waals surface area contributed by atoms with Gasteiger partial charge in [-0.2, -0.15) is 0 Å². The van der Waals surface area contributed by atoms with Crippen molar-refractivity contribution in [1.82, 2.24) is 4.57 Å². The Kier molecular flexibility index (Phi) is 9.88. The number of fused-ring (bicyclic) bond motifs is 1. The van der Waals surface area contributed by atoms with Crippen molar-refractivity contribution in [2.45, 2.75) is 0 Å². The number of hydrogen-bond acceptors (Lipinski definition) is 1. The standard InChI is InChI=1S/C66H46N2Si/c1-5-16-47(17-6-1)49-30-37-55(38-31-49)67(58-45-54-29-28-52-20-15-27-63-65(52)66(54)64(46-58)68(63)57-41-34-48-18-13-14-19-53(48)44-57)56-39-32-50(33-40-56)51-35-42-62(43-36-51)69(59-21-7-2-8-22-59,60-23-9-3-10-24-60)61-25-11-4-12-26-61/h1-46H. The van der Waals surface area contributed by atoms with Gasteiger partial charge in [0.15, 0.2) is 8.07 Å². The molecular weight excluding hydrogens is 849 g/mol. The SMILES string of the molecule is c1ccc(-c2ccc(N(c3ccc(-c4ccc([Si](c5ccccc5)(c5ccccc5)c5ccccc5)cc4)cc3)c3cc4ccc5cccc6c5c4c(c3)n6-c3ccc4ccccc4c3)cc2)cc1. The molecule has 2 nitrogen and oxygen atoms in total. The summed E-state index contributed by atoms with van der Waals surface area (Å²) in [6.45, 7) is 0. The summed E-state index contributed by atoms with van der Waals surface area (Å²) in [5.74, 6) is 0. The van der Waals surface area contributed by atoms with Crippen LogP contribution in [0.2, 0.25) is 0 Å². The molecule has 0 aliphatic heterocycles. The summed E-state index contributed by atoms with van der Waals surface area (Å²) >= 11 is 0. The van der Waals surface area contributed by atoms with Gasteiger partial charge in [-0.05, 0) is 119 Å². The Labute approximate surface area is 403 Å². The molecule has 0 radical (unpaired) electrons. The van der Waals surface area contributed by atoms with E-state index in [1.54, 1.807) is 0 Å². The summed E-state index contributed by atoms with van der Waals surface area (Å²) in [4.78, 5) is 2.42. The molecule has 1 aromatic heterocycles. The molecule has 0 unspecified atom stereocenters. The van der Waals surface area contributed by atoms with Crippen LogP contribution in [0.15, 0.2) is 279 Å². The van der Waals surface area contributed by atoms with Gasteiger partial charge in [-0.1, -0.05) is 224 Å². The van der Waals surface area contributed by atoms with Crippen LogP contribution in [0.1, 0.15) is 0 Å². The van der Waals surface area contributed by atoms with E-state index in [0.717, 1.165) is 22.7 Å². The third kappa shape index (κ3) is 6.86. The number of aromatic nitrogens is 1. The molecule has 13 aromatic rings. The van der Waals surface area contributed by atoms with Gasteiger partial charge in [0.25, 0.3) is 0 Å². The van der Waals surface area contributed by atoms with Crippen LogP contribution in [0, 0.1) is 0 Å². The Balaban J connectivity index is 0.945. The number of nitrogens with zero attached hydrogens (tertiary/aromatic N) is 2. The van der Waals surface area contributed by atoms with E-state index in [9.17, 15) is 0 Å². The van der Waals surface area contributed by atoms with Crippen LogP contribution < -0.4 is 25.6 Å². The average molecular weight is 895 g/mol. The monoisotopic (exact) mass is 894 g/mol. The molecule has 0 amide bonds. The highest BCUT2D eigenvalue weighted by atomic mass is 28.3. The molecule has 0 aliphatic rings. The summed E-state index contributed by atoms with van der Waals surface area (Å²) < 4.78 is 2.47. The number of benzene rings is 12. The maximum atomic E-state index is 2.47. The molecule has 324 valence electrons. The fourth-order valence-corrected chi connectivity index (χ4v) is 15.8. The van der Waals surface area contributed by atoms with Crippen molar-refractivity contribution in [2.24, 2.45) is 0 Å². The minimum Gasteiger partial charge on any atom is -0.310 e. The van der Waals surface area contributed by atoms with Crippen LogP contribution in [-0.4, -0.2) is 12.6 Å². The van der Waals surface area contributed by atoms with Crippen molar-refractivity contribution < 1.29 is 0 Å². The van der Waals surface area contributed by atoms with Crippen molar-refractivity contribution in [2.75, 3.05) is 4.90 Å². The second kappa shape index (κ2) is 16.8. The first-order valence-electron chi connectivity index (χ1n) is 23.8. The highest BCUT2D eigenvalue weighted by Gasteiger charge is 2.41. The predicted octanol–water partition coefficient (Wildman–Crippen LogP) is 14.7. The molecule has 0 aliphatic carbocycles. The van der Waals surface area contributed by atoms with Crippen LogP contribution in [-0.2, 0) is 0 Å². The number of anilines is 3. The second-order valence-corrected chi connectivity index (χ2v) is 21.9. The molecule has 0 saturated heterocycles. The highest BCUT2D eigenvalue weighted by Crippen LogP contribution is 2.44. The van der Waals surface area contributed by atoms with Crippen LogP contribution >= 0.6 is 0 Å². The van der Waals surface area contributed by atoms with E-state index in [4.69, 9.17) is 0 Å². The minimum atomic E-state index is -2.64. The van der Waals surface area contributed by atoms with Gasteiger partial charge in [-0.25, -0.2) is 0 Å². The van der Waals surface area contributed by atoms with Crippen LogP contribution in [0.3, 0.4) is 0 Å².